The minimum atomic E-state index is -3.82. The van der Waals surface area contributed by atoms with Crippen LogP contribution in [0.5, 0.6) is 5.75 Å². The van der Waals surface area contributed by atoms with E-state index in [-0.39, 0.29) is 36.5 Å². The van der Waals surface area contributed by atoms with Crippen molar-refractivity contribution in [2.45, 2.75) is 113 Å². The topological polar surface area (TPSA) is 147 Å². The van der Waals surface area contributed by atoms with Crippen molar-refractivity contribution < 1.29 is 26.4 Å². The number of halogens is 2. The van der Waals surface area contributed by atoms with E-state index in [0.29, 0.717) is 48.4 Å². The molecule has 1 aromatic heterocycles. The largest absolute Gasteiger partial charge is 0.504 e. The first-order valence-electron chi connectivity index (χ1n) is 17.4. The van der Waals surface area contributed by atoms with E-state index in [1.807, 2.05) is 20.8 Å². The van der Waals surface area contributed by atoms with Crippen LogP contribution >= 0.6 is 23.2 Å². The second kappa shape index (κ2) is 13.5. The van der Waals surface area contributed by atoms with E-state index in [0.717, 1.165) is 25.7 Å². The van der Waals surface area contributed by atoms with Crippen LogP contribution in [0.1, 0.15) is 104 Å². The van der Waals surface area contributed by atoms with Crippen LogP contribution in [-0.2, 0) is 25.5 Å². The Labute approximate surface area is 300 Å². The first kappa shape index (κ1) is 36.7. The van der Waals surface area contributed by atoms with Crippen LogP contribution in [0.25, 0.3) is 11.1 Å². The Morgan fingerprint density at radius 2 is 1.16 bits per heavy atom. The molecule has 10 nitrogen and oxygen atoms in total. The summed E-state index contributed by atoms with van der Waals surface area (Å²) in [4.78, 5) is 4.29. The van der Waals surface area contributed by atoms with Crippen LogP contribution in [-0.4, -0.2) is 61.7 Å². The maximum Gasteiger partial charge on any atom is 0.248 e. The number of piperidine rings is 2. The third-order valence-corrected chi connectivity index (χ3v) is 16.1. The molecule has 0 amide bonds. The van der Waals surface area contributed by atoms with Gasteiger partial charge in [0.15, 0.2) is 11.3 Å². The van der Waals surface area contributed by atoms with Crippen LogP contribution in [0.4, 0.5) is 5.69 Å². The van der Waals surface area contributed by atoms with E-state index in [1.54, 1.807) is 16.4 Å². The van der Waals surface area contributed by atoms with Gasteiger partial charge in [-0.1, -0.05) is 69.7 Å². The van der Waals surface area contributed by atoms with Crippen LogP contribution in [0.2, 0.25) is 10.0 Å². The Kier molecular flexibility index (Phi) is 10.1. The molecule has 0 radical (unpaired) electrons. The minimum absolute atomic E-state index is 0.00727. The Bertz CT molecular complexity index is 1910. The second-order valence-electron chi connectivity index (χ2n) is 15.5. The Morgan fingerprint density at radius 1 is 0.735 bits per heavy atom. The zero-order chi connectivity index (χ0) is 35.4. The number of aromatic nitrogens is 1. The number of fused-ring (bicyclic) bond motifs is 1. The lowest BCUT2D eigenvalue weighted by atomic mass is 9.78. The van der Waals surface area contributed by atoms with Gasteiger partial charge in [0.05, 0.1) is 15.7 Å². The molecule has 0 unspecified atom stereocenters. The monoisotopic (exact) mass is 754 g/mol. The highest BCUT2D eigenvalue weighted by molar-refractivity contribution is 7.89. The summed E-state index contributed by atoms with van der Waals surface area (Å²) in [6.07, 6.45) is 13.5. The van der Waals surface area contributed by atoms with Crippen LogP contribution in [0, 0.1) is 10.8 Å². The number of sulfonamides is 2. The van der Waals surface area contributed by atoms with Crippen molar-refractivity contribution in [3.63, 3.8) is 0 Å². The van der Waals surface area contributed by atoms with E-state index in [9.17, 15) is 21.9 Å². The number of rotatable bonds is 4. The second-order valence-corrected chi connectivity index (χ2v) is 20.1. The van der Waals surface area contributed by atoms with Crippen molar-refractivity contribution in [2.24, 2.45) is 10.8 Å². The number of anilines is 1. The quantitative estimate of drug-likeness (QED) is 0.201. The molecule has 2 saturated carbocycles. The molecule has 2 aromatic carbocycles. The highest BCUT2D eigenvalue weighted by Gasteiger charge is 2.43. The van der Waals surface area contributed by atoms with Gasteiger partial charge >= 0.3 is 0 Å². The molecule has 2 aliphatic carbocycles. The summed E-state index contributed by atoms with van der Waals surface area (Å²) < 4.78 is 61.4. The number of aromatic hydroxyl groups is 1. The molecule has 3 N–H and O–H groups in total. The highest BCUT2D eigenvalue weighted by Crippen LogP contribution is 2.49. The average Bonchev–Trinajstić information content (AvgIpc) is 3.80. The molecule has 49 heavy (non-hydrogen) atoms. The third-order valence-electron chi connectivity index (χ3n) is 11.3. The van der Waals surface area contributed by atoms with Gasteiger partial charge in [0.1, 0.15) is 15.3 Å². The van der Waals surface area contributed by atoms with Gasteiger partial charge in [0, 0.05) is 31.6 Å². The van der Waals surface area contributed by atoms with Gasteiger partial charge in [-0.3, -0.25) is 0 Å². The maximum atomic E-state index is 13.4. The van der Waals surface area contributed by atoms with Crippen LogP contribution in [0.15, 0.2) is 38.5 Å². The summed E-state index contributed by atoms with van der Waals surface area (Å²) in [5.41, 5.74) is 6.81. The fraction of sp³-hybridized carbons (Fsp3) is 0.629. The number of phenolic OH excluding ortho intramolecular Hbond substituents is 1. The normalized spacial score (nSPS) is 21.7. The lowest BCUT2D eigenvalue weighted by Crippen LogP contribution is -2.42. The molecule has 3 aromatic rings. The van der Waals surface area contributed by atoms with E-state index in [1.165, 1.54) is 67.8 Å². The molecule has 2 aliphatic heterocycles. The van der Waals surface area contributed by atoms with E-state index in [4.69, 9.17) is 33.4 Å². The average molecular weight is 756 g/mol. The summed E-state index contributed by atoms with van der Waals surface area (Å²) in [6.45, 7) is 8.02. The predicted molar refractivity (Wildman–Crippen MR) is 193 cm³/mol. The van der Waals surface area contributed by atoms with Crippen molar-refractivity contribution in [3.05, 3.63) is 40.2 Å². The number of nitrogens with zero attached hydrogens (tertiary/aromatic N) is 3. The highest BCUT2D eigenvalue weighted by atomic mass is 35.5. The summed E-state index contributed by atoms with van der Waals surface area (Å²) in [5.74, 6) is 0.0634. The molecular weight excluding hydrogens is 707 g/mol. The zero-order valence-electron chi connectivity index (χ0n) is 28.6. The first-order chi connectivity index (χ1) is 23.0. The van der Waals surface area contributed by atoms with Crippen molar-refractivity contribution >= 4 is 60.0 Å². The number of phenols is 1. The molecule has 0 atom stereocenters. The first-order valence-corrected chi connectivity index (χ1v) is 21.0. The standard InChI is InChI=1S/C20H27ClN2O3S.C15H21ClN2O3S/c1-19(2,3)18-22-15-7-6-14(21)17(16(15)26-18)27(24,25)23-12-10-20(11-13-23)8-4-5-9-20;16-11-3-4-12(17)13(19)14(11)22(20,21)18-9-7-15(8-10-18)5-1-2-6-15/h6-7H,4-5,8-13H2,1-3H3;3-4,19H,1-2,5-10,17H2. The molecule has 7 rings (SSSR count). The van der Waals surface area contributed by atoms with Crippen molar-refractivity contribution in [2.75, 3.05) is 31.9 Å². The van der Waals surface area contributed by atoms with Gasteiger partial charge in [-0.2, -0.15) is 8.61 Å². The van der Waals surface area contributed by atoms with Gasteiger partial charge < -0.3 is 15.3 Å². The Balaban J connectivity index is 0.000000174. The van der Waals surface area contributed by atoms with Crippen molar-refractivity contribution in [1.29, 1.82) is 0 Å². The predicted octanol–water partition coefficient (Wildman–Crippen LogP) is 8.10. The number of benzene rings is 2. The molecule has 4 fully saturated rings. The fourth-order valence-corrected chi connectivity index (χ4v) is 12.3. The van der Waals surface area contributed by atoms with Crippen LogP contribution < -0.4 is 5.73 Å². The zero-order valence-corrected chi connectivity index (χ0v) is 31.7. The molecule has 0 bridgehead atoms. The number of hydrogen-bond donors (Lipinski definition) is 2. The number of nitrogens with two attached hydrogens (primary N) is 1. The molecule has 2 spiro atoms. The fourth-order valence-electron chi connectivity index (χ4n) is 8.22. The minimum Gasteiger partial charge on any atom is -0.504 e. The van der Waals surface area contributed by atoms with Gasteiger partial charge in [-0.25, -0.2) is 21.8 Å². The van der Waals surface area contributed by atoms with Gasteiger partial charge in [-0.05, 0) is 86.5 Å². The van der Waals surface area contributed by atoms with Crippen molar-refractivity contribution in [3.8, 4) is 5.75 Å². The molecule has 4 aliphatic rings. The number of hydrogen-bond acceptors (Lipinski definition) is 8. The summed E-state index contributed by atoms with van der Waals surface area (Å²) in [5, 5.41) is 10.2. The summed E-state index contributed by atoms with van der Waals surface area (Å²) in [6, 6.07) is 6.14. The molecule has 3 heterocycles. The molecule has 2 saturated heterocycles. The van der Waals surface area contributed by atoms with Crippen LogP contribution in [0.3, 0.4) is 0 Å². The molecule has 14 heteroatoms. The summed E-state index contributed by atoms with van der Waals surface area (Å²) in [7, 11) is -7.55. The van der Waals surface area contributed by atoms with E-state index in [2.05, 4.69) is 4.98 Å². The molecular formula is C35H48Cl2N4O6S2. The SMILES string of the molecule is CC(C)(C)c1nc2ccc(Cl)c(S(=O)(=O)N3CCC4(CCCC4)CC3)c2o1.Nc1ccc(Cl)c(S(=O)(=O)N2CCC3(CCCC3)CC2)c1O. The third kappa shape index (κ3) is 7.07. The van der Waals surface area contributed by atoms with E-state index >= 15 is 0 Å². The lowest BCUT2D eigenvalue weighted by molar-refractivity contribution is 0.160. The van der Waals surface area contributed by atoms with Gasteiger partial charge in [-0.15, -0.1) is 0 Å². The maximum absolute atomic E-state index is 13.4. The lowest BCUT2D eigenvalue weighted by Gasteiger charge is -2.38. The number of oxazole rings is 1. The van der Waals surface area contributed by atoms with Crippen molar-refractivity contribution in [1.82, 2.24) is 13.6 Å². The number of nitrogen functional groups attached to an aromatic ring is 1. The van der Waals surface area contributed by atoms with Gasteiger partial charge in [0.2, 0.25) is 25.9 Å². The Hall–Kier alpha value is -2.09. The summed E-state index contributed by atoms with van der Waals surface area (Å²) >= 11 is 12.4. The molecule has 270 valence electrons. The smallest absolute Gasteiger partial charge is 0.248 e. The Morgan fingerprint density at radius 3 is 1.63 bits per heavy atom. The van der Waals surface area contributed by atoms with E-state index < -0.39 is 25.8 Å². The van der Waals surface area contributed by atoms with Gasteiger partial charge in [0.25, 0.3) is 0 Å².